The Hall–Kier alpha value is -5.01. The number of aliphatic carboxylic acids is 1. The summed E-state index contributed by atoms with van der Waals surface area (Å²) in [4.78, 5) is 78.4. The van der Waals surface area contributed by atoms with Crippen LogP contribution in [0.4, 0.5) is 15.2 Å². The molecule has 2 aromatic heterocycles. The maximum absolute atomic E-state index is 15.3. The van der Waals surface area contributed by atoms with E-state index in [1.807, 2.05) is 18.9 Å². The van der Waals surface area contributed by atoms with E-state index in [0.29, 0.717) is 41.7 Å². The number of nitrogens with two attached hydrogens (primary N) is 1. The van der Waals surface area contributed by atoms with Crippen molar-refractivity contribution < 1.29 is 38.2 Å². The average Bonchev–Trinajstić information content (AvgIpc) is 3.52. The summed E-state index contributed by atoms with van der Waals surface area (Å²) in [6.45, 7) is 4.44. The molecule has 0 bridgehead atoms. The van der Waals surface area contributed by atoms with Crippen molar-refractivity contribution in [1.29, 1.82) is 0 Å². The standard InChI is InChI=1S/C31H33FN8O8S2/c1-3-38-11-19(26(42)18-8-20(32)22(9-21(18)38)39-6-4-37(2)5-7-39)30(46)47-12-16-14-49-28-24(27(43)40(28)25(16)29(44)45)36-23(41)10-34-48-13-17-15-50-31(33)35-17/h8-11,15,24,28H,3-7,12-14H2,1-2H3,(H2,33,35)(H,36,41)(H,44,45)/b34-10-/t24-,28-/m1/s1. The molecule has 2 atom stereocenters. The SMILES string of the molecule is CCn1cc(C(=O)OCC2=C(C(=O)O)N3C(=O)[C@@H](NC(=O)/C=N\OCc4csc(N)n4)[C@H]3SC2)c(=O)c2cc(F)c(N3CCN(C)CC3)cc21. The van der Waals surface area contributed by atoms with Crippen LogP contribution in [0.3, 0.4) is 0 Å². The number of fused-ring (bicyclic) bond motifs is 2. The van der Waals surface area contributed by atoms with Crippen LogP contribution in [0.25, 0.3) is 10.9 Å². The molecule has 50 heavy (non-hydrogen) atoms. The van der Waals surface area contributed by atoms with E-state index in [4.69, 9.17) is 15.3 Å². The van der Waals surface area contributed by atoms with Gasteiger partial charge in [0.15, 0.2) is 11.7 Å². The topological polar surface area (TPSA) is 202 Å². The number of oxime groups is 1. The molecule has 3 aliphatic heterocycles. The number of anilines is 2. The molecule has 0 aliphatic carbocycles. The number of piperazine rings is 1. The fraction of sp³-hybridized carbons (Fsp3) is 0.387. The number of carbonyl (C=O) groups excluding carboxylic acids is 3. The van der Waals surface area contributed by atoms with Gasteiger partial charge in [-0.1, -0.05) is 5.16 Å². The summed E-state index contributed by atoms with van der Waals surface area (Å²) in [5, 5.41) is 17.4. The van der Waals surface area contributed by atoms with Crippen LogP contribution in [-0.2, 0) is 37.1 Å². The molecule has 19 heteroatoms. The number of benzene rings is 1. The van der Waals surface area contributed by atoms with Gasteiger partial charge in [-0.25, -0.2) is 19.0 Å². The number of amides is 2. The van der Waals surface area contributed by atoms with Crippen molar-refractivity contribution in [1.82, 2.24) is 24.7 Å². The molecule has 0 spiro atoms. The van der Waals surface area contributed by atoms with E-state index in [2.05, 4.69) is 20.4 Å². The Bertz CT molecular complexity index is 1990. The first-order valence-corrected chi connectivity index (χ1v) is 17.4. The second-order valence-corrected chi connectivity index (χ2v) is 13.7. The number of carboxylic acids is 1. The van der Waals surface area contributed by atoms with Crippen LogP contribution in [0.2, 0.25) is 0 Å². The van der Waals surface area contributed by atoms with Gasteiger partial charge in [-0.3, -0.25) is 19.3 Å². The Morgan fingerprint density at radius 1 is 1.20 bits per heavy atom. The fourth-order valence-electron chi connectivity index (χ4n) is 5.89. The normalized spacial score (nSPS) is 19.5. The summed E-state index contributed by atoms with van der Waals surface area (Å²) in [6, 6.07) is 1.73. The van der Waals surface area contributed by atoms with Crippen molar-refractivity contribution in [2.45, 2.75) is 31.5 Å². The third-order valence-electron chi connectivity index (χ3n) is 8.50. The number of halogens is 1. The van der Waals surface area contributed by atoms with Crippen molar-refractivity contribution in [2.24, 2.45) is 5.16 Å². The number of ether oxygens (including phenoxy) is 1. The van der Waals surface area contributed by atoms with E-state index in [1.54, 1.807) is 16.0 Å². The first kappa shape index (κ1) is 34.8. The zero-order valence-electron chi connectivity index (χ0n) is 27.0. The number of hydrogen-bond donors (Lipinski definition) is 3. The summed E-state index contributed by atoms with van der Waals surface area (Å²) >= 11 is 2.39. The van der Waals surface area contributed by atoms with Crippen LogP contribution in [0.15, 0.2) is 44.9 Å². The summed E-state index contributed by atoms with van der Waals surface area (Å²) in [7, 11) is 1.99. The molecule has 3 aromatic rings. The number of carboxylic acid groups (broad SMARTS) is 1. The molecule has 5 heterocycles. The maximum atomic E-state index is 15.3. The number of β-lactam (4-membered cyclic amide) rings is 1. The number of thiazole rings is 1. The van der Waals surface area contributed by atoms with Gasteiger partial charge in [-0.05, 0) is 26.1 Å². The van der Waals surface area contributed by atoms with Crippen LogP contribution < -0.4 is 21.4 Å². The van der Waals surface area contributed by atoms with Crippen LogP contribution in [0.5, 0.6) is 0 Å². The summed E-state index contributed by atoms with van der Waals surface area (Å²) in [5.41, 5.74) is 5.62. The molecule has 2 amide bonds. The molecule has 4 N–H and O–H groups in total. The minimum absolute atomic E-state index is 0.0127. The van der Waals surface area contributed by atoms with Crippen LogP contribution in [0, 0.1) is 5.82 Å². The van der Waals surface area contributed by atoms with Gasteiger partial charge >= 0.3 is 11.9 Å². The van der Waals surface area contributed by atoms with E-state index in [9.17, 15) is 29.1 Å². The third kappa shape index (κ3) is 6.88. The summed E-state index contributed by atoms with van der Waals surface area (Å²) < 4.78 is 22.4. The highest BCUT2D eigenvalue weighted by atomic mass is 32.2. The van der Waals surface area contributed by atoms with Crippen molar-refractivity contribution in [3.05, 3.63) is 62.3 Å². The van der Waals surface area contributed by atoms with Gasteiger partial charge in [-0.2, -0.15) is 0 Å². The van der Waals surface area contributed by atoms with Crippen LogP contribution in [0.1, 0.15) is 23.0 Å². The van der Waals surface area contributed by atoms with Crippen molar-refractivity contribution >= 4 is 74.8 Å². The monoisotopic (exact) mass is 728 g/mol. The molecule has 0 unspecified atom stereocenters. The van der Waals surface area contributed by atoms with E-state index >= 15 is 4.39 Å². The molecule has 0 radical (unpaired) electrons. The van der Waals surface area contributed by atoms with E-state index in [-0.39, 0.29) is 34.6 Å². The van der Waals surface area contributed by atoms with Gasteiger partial charge in [0, 0.05) is 61.0 Å². The van der Waals surface area contributed by atoms with Gasteiger partial charge in [0.25, 0.3) is 11.8 Å². The van der Waals surface area contributed by atoms with E-state index in [1.165, 1.54) is 29.3 Å². The summed E-state index contributed by atoms with van der Waals surface area (Å²) in [5.74, 6) is -4.38. The zero-order valence-corrected chi connectivity index (χ0v) is 28.6. The number of thioether (sulfide) groups is 1. The fourth-order valence-corrected chi connectivity index (χ4v) is 7.76. The number of nitrogens with zero attached hydrogens (tertiary/aromatic N) is 6. The van der Waals surface area contributed by atoms with Gasteiger partial charge < -0.3 is 40.1 Å². The van der Waals surface area contributed by atoms with Crippen molar-refractivity contribution in [3.8, 4) is 0 Å². The number of aryl methyl sites for hydroxylation is 1. The third-order valence-corrected chi connectivity index (χ3v) is 10.6. The predicted octanol–water partition coefficient (Wildman–Crippen LogP) is 1.05. The molecule has 3 aliphatic rings. The Balaban J connectivity index is 1.13. The Kier molecular flexibility index (Phi) is 10.1. The Morgan fingerprint density at radius 3 is 2.64 bits per heavy atom. The predicted molar refractivity (Wildman–Crippen MR) is 183 cm³/mol. The quantitative estimate of drug-likeness (QED) is 0.110. The summed E-state index contributed by atoms with van der Waals surface area (Å²) in [6.07, 6.45) is 2.20. The highest BCUT2D eigenvalue weighted by Crippen LogP contribution is 2.40. The Labute approximate surface area is 292 Å². The molecular formula is C31H33FN8O8S2. The van der Waals surface area contributed by atoms with Crippen LogP contribution >= 0.6 is 23.1 Å². The molecule has 264 valence electrons. The number of likely N-dealkylation sites (N-methyl/N-ethyl adjacent to an activating group) is 1. The molecule has 6 rings (SSSR count). The zero-order chi connectivity index (χ0) is 35.7. The first-order chi connectivity index (χ1) is 24.0. The number of pyridine rings is 1. The first-order valence-electron chi connectivity index (χ1n) is 15.5. The van der Waals surface area contributed by atoms with E-state index in [0.717, 1.165) is 30.3 Å². The molecule has 16 nitrogen and oxygen atoms in total. The number of nitrogens with one attached hydrogen (secondary N) is 1. The molecular weight excluding hydrogens is 696 g/mol. The van der Waals surface area contributed by atoms with Crippen molar-refractivity contribution in [3.63, 3.8) is 0 Å². The number of hydrogen-bond acceptors (Lipinski definition) is 14. The number of aromatic nitrogens is 2. The van der Waals surface area contributed by atoms with E-state index < -0.39 is 53.0 Å². The lowest BCUT2D eigenvalue weighted by molar-refractivity contribution is -0.150. The lowest BCUT2D eigenvalue weighted by atomic mass is 10.0. The molecule has 0 saturated carbocycles. The highest BCUT2D eigenvalue weighted by molar-refractivity contribution is 8.00. The minimum atomic E-state index is -1.43. The highest BCUT2D eigenvalue weighted by Gasteiger charge is 2.54. The second-order valence-electron chi connectivity index (χ2n) is 11.7. The van der Waals surface area contributed by atoms with Gasteiger partial charge in [0.05, 0.1) is 16.9 Å². The Morgan fingerprint density at radius 2 is 1.96 bits per heavy atom. The number of esters is 1. The number of rotatable bonds is 11. The smallest absolute Gasteiger partial charge is 0.352 e. The van der Waals surface area contributed by atoms with Crippen molar-refractivity contribution in [2.75, 3.05) is 56.2 Å². The van der Waals surface area contributed by atoms with Gasteiger partial charge in [0.2, 0.25) is 5.43 Å². The number of nitrogen functional groups attached to an aromatic ring is 1. The maximum Gasteiger partial charge on any atom is 0.352 e. The second kappa shape index (κ2) is 14.5. The average molecular weight is 729 g/mol. The van der Waals surface area contributed by atoms with Crippen LogP contribution in [-0.4, -0.2) is 111 Å². The molecule has 2 fully saturated rings. The minimum Gasteiger partial charge on any atom is -0.477 e. The number of carbonyl (C=O) groups is 4. The van der Waals surface area contributed by atoms with Gasteiger partial charge in [0.1, 0.15) is 41.3 Å². The van der Waals surface area contributed by atoms with Gasteiger partial charge in [-0.15, -0.1) is 23.1 Å². The lowest BCUT2D eigenvalue weighted by Gasteiger charge is -2.49. The molecule has 1 aromatic carbocycles. The molecule has 2 saturated heterocycles. The largest absolute Gasteiger partial charge is 0.477 e. The lowest BCUT2D eigenvalue weighted by Crippen LogP contribution is -2.70.